The third kappa shape index (κ3) is 4.73. The summed E-state index contributed by atoms with van der Waals surface area (Å²) in [6, 6.07) is 18.1. The minimum Gasteiger partial charge on any atom is -0.372 e. The van der Waals surface area contributed by atoms with Crippen molar-refractivity contribution < 1.29 is 4.79 Å². The van der Waals surface area contributed by atoms with Gasteiger partial charge in [0, 0.05) is 24.3 Å². The van der Waals surface area contributed by atoms with Crippen LogP contribution in [-0.2, 0) is 11.2 Å². The van der Waals surface area contributed by atoms with E-state index in [9.17, 15) is 4.79 Å². The molecular formula is C22H25NO. The highest BCUT2D eigenvalue weighted by molar-refractivity contribution is 5.82. The Labute approximate surface area is 145 Å². The van der Waals surface area contributed by atoms with E-state index in [2.05, 4.69) is 48.8 Å². The molecule has 0 aromatic heterocycles. The van der Waals surface area contributed by atoms with Crippen LogP contribution >= 0.6 is 0 Å². The van der Waals surface area contributed by atoms with Gasteiger partial charge in [-0.1, -0.05) is 48.2 Å². The van der Waals surface area contributed by atoms with Crippen LogP contribution in [0.15, 0.2) is 54.6 Å². The van der Waals surface area contributed by atoms with E-state index in [4.69, 9.17) is 0 Å². The molecule has 2 aromatic carbocycles. The summed E-state index contributed by atoms with van der Waals surface area (Å²) in [5, 5.41) is 0. The summed E-state index contributed by atoms with van der Waals surface area (Å²) in [5.74, 6) is 6.15. The second kappa shape index (κ2) is 8.93. The van der Waals surface area contributed by atoms with Gasteiger partial charge < -0.3 is 4.90 Å². The maximum Gasteiger partial charge on any atom is 0.145 e. The molecule has 24 heavy (non-hydrogen) atoms. The van der Waals surface area contributed by atoms with Gasteiger partial charge in [-0.25, -0.2) is 0 Å². The predicted molar refractivity (Wildman–Crippen MR) is 101 cm³/mol. The van der Waals surface area contributed by atoms with Crippen LogP contribution in [0.25, 0.3) is 0 Å². The van der Waals surface area contributed by atoms with Crippen molar-refractivity contribution in [1.29, 1.82) is 0 Å². The van der Waals surface area contributed by atoms with Gasteiger partial charge in [0.2, 0.25) is 0 Å². The molecule has 0 N–H and O–H groups in total. The fourth-order valence-electron chi connectivity index (χ4n) is 2.76. The van der Waals surface area contributed by atoms with Gasteiger partial charge in [0.1, 0.15) is 5.78 Å². The number of ketones is 1. The molecule has 0 radical (unpaired) electrons. The molecule has 1 atom stereocenters. The number of rotatable bonds is 6. The molecule has 0 heterocycles. The Hall–Kier alpha value is -2.53. The van der Waals surface area contributed by atoms with E-state index in [1.165, 1.54) is 11.3 Å². The lowest BCUT2D eigenvalue weighted by molar-refractivity contribution is -0.119. The second-order valence-electron chi connectivity index (χ2n) is 5.80. The highest BCUT2D eigenvalue weighted by Gasteiger charge is 2.16. The monoisotopic (exact) mass is 319 g/mol. The first-order chi connectivity index (χ1) is 11.7. The minimum absolute atomic E-state index is 0.118. The summed E-state index contributed by atoms with van der Waals surface area (Å²) >= 11 is 0. The van der Waals surface area contributed by atoms with Gasteiger partial charge >= 0.3 is 0 Å². The van der Waals surface area contributed by atoms with E-state index in [-0.39, 0.29) is 11.7 Å². The Bertz CT molecular complexity index is 720. The minimum atomic E-state index is -0.276. The predicted octanol–water partition coefficient (Wildman–Crippen LogP) is 4.33. The van der Waals surface area contributed by atoms with Crippen LogP contribution < -0.4 is 4.90 Å². The molecule has 2 aromatic rings. The van der Waals surface area contributed by atoms with Gasteiger partial charge in [0.05, 0.1) is 5.92 Å². The quantitative estimate of drug-likeness (QED) is 0.739. The van der Waals surface area contributed by atoms with Crippen molar-refractivity contribution in [2.75, 3.05) is 18.0 Å². The SMILES string of the molecule is CCN(CC)c1ccccc1CC(C#Cc1ccccc1)C(C)=O. The number of nitrogens with zero attached hydrogens (tertiary/aromatic N) is 1. The van der Waals surface area contributed by atoms with Crippen LogP contribution in [0.3, 0.4) is 0 Å². The lowest BCUT2D eigenvalue weighted by atomic mass is 9.94. The lowest BCUT2D eigenvalue weighted by Crippen LogP contribution is -2.24. The highest BCUT2D eigenvalue weighted by Crippen LogP contribution is 2.23. The van der Waals surface area contributed by atoms with Gasteiger partial charge in [-0.2, -0.15) is 0 Å². The number of benzene rings is 2. The Morgan fingerprint density at radius 2 is 1.62 bits per heavy atom. The van der Waals surface area contributed by atoms with Crippen molar-refractivity contribution in [1.82, 2.24) is 0 Å². The summed E-state index contributed by atoms with van der Waals surface area (Å²) in [6.07, 6.45) is 0.655. The highest BCUT2D eigenvalue weighted by atomic mass is 16.1. The number of carbonyl (C=O) groups is 1. The van der Waals surface area contributed by atoms with E-state index in [0.29, 0.717) is 6.42 Å². The topological polar surface area (TPSA) is 20.3 Å². The lowest BCUT2D eigenvalue weighted by Gasteiger charge is -2.24. The van der Waals surface area contributed by atoms with E-state index in [1.54, 1.807) is 6.92 Å². The Balaban J connectivity index is 2.26. The molecule has 0 saturated heterocycles. The number of para-hydroxylation sites is 1. The van der Waals surface area contributed by atoms with Gasteiger partial charge in [-0.05, 0) is 51.0 Å². The standard InChI is InChI=1S/C22H25NO/c1-4-23(5-2)22-14-10-9-13-21(22)17-20(18(3)24)16-15-19-11-7-6-8-12-19/h6-14,20H,4-5,17H2,1-3H3. The van der Waals surface area contributed by atoms with Crippen LogP contribution in [0.4, 0.5) is 5.69 Å². The molecule has 2 heteroatoms. The summed E-state index contributed by atoms with van der Waals surface area (Å²) in [4.78, 5) is 14.4. The number of hydrogen-bond acceptors (Lipinski definition) is 2. The zero-order chi connectivity index (χ0) is 17.4. The first-order valence-corrected chi connectivity index (χ1v) is 8.55. The van der Waals surface area contributed by atoms with Gasteiger partial charge in [0.15, 0.2) is 0 Å². The van der Waals surface area contributed by atoms with Crippen molar-refractivity contribution in [2.24, 2.45) is 5.92 Å². The van der Waals surface area contributed by atoms with Crippen LogP contribution in [0.1, 0.15) is 31.9 Å². The molecule has 1 unspecified atom stereocenters. The Morgan fingerprint density at radius 3 is 2.25 bits per heavy atom. The van der Waals surface area contributed by atoms with Crippen LogP contribution in [0, 0.1) is 17.8 Å². The van der Waals surface area contributed by atoms with Crippen molar-refractivity contribution in [3.8, 4) is 11.8 Å². The molecule has 0 amide bonds. The zero-order valence-corrected chi connectivity index (χ0v) is 14.8. The molecule has 0 aliphatic carbocycles. The van der Waals surface area contributed by atoms with Crippen molar-refractivity contribution in [3.05, 3.63) is 65.7 Å². The summed E-state index contributed by atoms with van der Waals surface area (Å²) in [5.41, 5.74) is 3.33. The molecular weight excluding hydrogens is 294 g/mol. The summed E-state index contributed by atoms with van der Waals surface area (Å²) in [6.45, 7) is 7.84. The molecule has 0 fully saturated rings. The second-order valence-corrected chi connectivity index (χ2v) is 5.80. The summed E-state index contributed by atoms with van der Waals surface area (Å²) < 4.78 is 0. The molecule has 0 bridgehead atoms. The maximum absolute atomic E-state index is 12.1. The van der Waals surface area contributed by atoms with Crippen molar-refractivity contribution in [2.45, 2.75) is 27.2 Å². The third-order valence-electron chi connectivity index (χ3n) is 4.18. The number of Topliss-reactive ketones (excluding diaryl/α,β-unsaturated/α-hetero) is 1. The third-order valence-corrected chi connectivity index (χ3v) is 4.18. The average Bonchev–Trinajstić information content (AvgIpc) is 2.61. The smallest absolute Gasteiger partial charge is 0.145 e. The van der Waals surface area contributed by atoms with E-state index < -0.39 is 0 Å². The first kappa shape index (κ1) is 17.8. The van der Waals surface area contributed by atoms with Crippen LogP contribution in [0.2, 0.25) is 0 Å². The largest absolute Gasteiger partial charge is 0.372 e. The Kier molecular flexibility index (Phi) is 6.63. The molecule has 0 saturated carbocycles. The van der Waals surface area contributed by atoms with Crippen molar-refractivity contribution in [3.63, 3.8) is 0 Å². The zero-order valence-electron chi connectivity index (χ0n) is 14.8. The van der Waals surface area contributed by atoms with E-state index in [1.807, 2.05) is 36.4 Å². The van der Waals surface area contributed by atoms with Crippen molar-refractivity contribution >= 4 is 11.5 Å². The molecule has 0 aliphatic heterocycles. The molecule has 0 aliphatic rings. The van der Waals surface area contributed by atoms with Gasteiger partial charge in [0.25, 0.3) is 0 Å². The van der Waals surface area contributed by atoms with Gasteiger partial charge in [-0.3, -0.25) is 4.79 Å². The van der Waals surface area contributed by atoms with Crippen LogP contribution in [0.5, 0.6) is 0 Å². The number of carbonyl (C=O) groups excluding carboxylic acids is 1. The maximum atomic E-state index is 12.1. The van der Waals surface area contributed by atoms with Gasteiger partial charge in [-0.15, -0.1) is 0 Å². The fourth-order valence-corrected chi connectivity index (χ4v) is 2.76. The number of hydrogen-bond donors (Lipinski definition) is 0. The van der Waals surface area contributed by atoms with E-state index >= 15 is 0 Å². The average molecular weight is 319 g/mol. The summed E-state index contributed by atoms with van der Waals surface area (Å²) in [7, 11) is 0. The molecule has 2 nitrogen and oxygen atoms in total. The Morgan fingerprint density at radius 1 is 1.00 bits per heavy atom. The van der Waals surface area contributed by atoms with E-state index in [0.717, 1.165) is 18.7 Å². The fraction of sp³-hybridized carbons (Fsp3) is 0.318. The molecule has 0 spiro atoms. The molecule has 124 valence electrons. The first-order valence-electron chi connectivity index (χ1n) is 8.55. The number of anilines is 1. The normalized spacial score (nSPS) is 11.3. The molecule has 2 rings (SSSR count). The van der Waals surface area contributed by atoms with Crippen LogP contribution in [-0.4, -0.2) is 18.9 Å².